The number of nitrogens with one attached hydrogen (secondary N) is 2. The Kier molecular flexibility index (Phi) is 9.11. The van der Waals surface area contributed by atoms with Crippen molar-refractivity contribution in [1.29, 1.82) is 5.26 Å². The van der Waals surface area contributed by atoms with Crippen molar-refractivity contribution in [3.05, 3.63) is 65.7 Å². The van der Waals surface area contributed by atoms with E-state index in [0.717, 1.165) is 43.7 Å². The second kappa shape index (κ2) is 12.9. The third-order valence-electron chi connectivity index (χ3n) is 6.79. The standard InChI is InChI=1S/C28H35N7O2/c1-22-8-7-11-24(18-22)31-28(30-21-29)32-25-12-5-6-13-35(27(25)37)20-26(36)34-16-14-33(15-17-34)19-23-9-3-2-4-10-23/h2-4,7-11,18,25H,5-6,12-17,19-20H2,1H3,(H2,30,31,32). The van der Waals surface area contributed by atoms with Gasteiger partial charge in [0.2, 0.25) is 17.8 Å². The Bertz CT molecular complexity index is 1140. The second-order valence-electron chi connectivity index (χ2n) is 9.62. The van der Waals surface area contributed by atoms with Crippen LogP contribution < -0.4 is 10.6 Å². The summed E-state index contributed by atoms with van der Waals surface area (Å²) in [5.74, 6) is 0.0385. The molecule has 9 nitrogen and oxygen atoms in total. The highest BCUT2D eigenvalue weighted by atomic mass is 16.2. The molecule has 194 valence electrons. The van der Waals surface area contributed by atoms with E-state index in [9.17, 15) is 14.9 Å². The lowest BCUT2D eigenvalue weighted by Gasteiger charge is -2.36. The second-order valence-corrected chi connectivity index (χ2v) is 9.62. The third-order valence-corrected chi connectivity index (χ3v) is 6.79. The normalized spacial score (nSPS) is 19.2. The lowest BCUT2D eigenvalue weighted by molar-refractivity contribution is -0.141. The predicted octanol–water partition coefficient (Wildman–Crippen LogP) is 2.56. The van der Waals surface area contributed by atoms with Crippen LogP contribution in [0, 0.1) is 18.4 Å². The van der Waals surface area contributed by atoms with Gasteiger partial charge < -0.3 is 15.1 Å². The van der Waals surface area contributed by atoms with Crippen molar-refractivity contribution < 1.29 is 9.59 Å². The van der Waals surface area contributed by atoms with Gasteiger partial charge in [0.25, 0.3) is 0 Å². The Morgan fingerprint density at radius 2 is 1.84 bits per heavy atom. The van der Waals surface area contributed by atoms with Crippen molar-refractivity contribution in [2.75, 3.05) is 44.6 Å². The number of carbonyl (C=O) groups excluding carboxylic acids is 2. The molecular formula is C28H35N7O2. The summed E-state index contributed by atoms with van der Waals surface area (Å²) >= 11 is 0. The van der Waals surface area contributed by atoms with Crippen LogP contribution in [0.2, 0.25) is 0 Å². The number of hydrogen-bond donors (Lipinski definition) is 2. The molecule has 9 heteroatoms. The lowest BCUT2D eigenvalue weighted by atomic mass is 10.1. The molecule has 0 spiro atoms. The maximum atomic E-state index is 13.4. The number of hydrogen-bond acceptors (Lipinski definition) is 5. The van der Waals surface area contributed by atoms with Crippen LogP contribution in [0.25, 0.3) is 0 Å². The summed E-state index contributed by atoms with van der Waals surface area (Å²) in [6.07, 6.45) is 4.12. The molecule has 2 N–H and O–H groups in total. The first-order chi connectivity index (χ1) is 18.0. The van der Waals surface area contributed by atoms with E-state index in [2.05, 4.69) is 32.7 Å². The van der Waals surface area contributed by atoms with E-state index in [1.165, 1.54) is 5.56 Å². The first-order valence-corrected chi connectivity index (χ1v) is 12.9. The Balaban J connectivity index is 1.35. The average molecular weight is 502 g/mol. The Labute approximate surface area is 218 Å². The zero-order valence-electron chi connectivity index (χ0n) is 21.4. The van der Waals surface area contributed by atoms with Crippen molar-refractivity contribution in [1.82, 2.24) is 20.0 Å². The van der Waals surface area contributed by atoms with Gasteiger partial charge in [0.1, 0.15) is 6.04 Å². The number of carbonyl (C=O) groups is 2. The first kappa shape index (κ1) is 26.2. The summed E-state index contributed by atoms with van der Waals surface area (Å²) in [6.45, 7) is 6.41. The Morgan fingerprint density at radius 3 is 2.57 bits per heavy atom. The number of aliphatic imine (C=N–C) groups is 1. The molecule has 2 aromatic carbocycles. The van der Waals surface area contributed by atoms with Crippen LogP contribution in [-0.2, 0) is 16.1 Å². The molecule has 0 aromatic heterocycles. The molecule has 1 unspecified atom stereocenters. The molecule has 0 radical (unpaired) electrons. The molecule has 2 heterocycles. The van der Waals surface area contributed by atoms with Crippen LogP contribution in [0.1, 0.15) is 30.4 Å². The maximum Gasteiger partial charge on any atom is 0.247 e. The van der Waals surface area contributed by atoms with Crippen molar-refractivity contribution in [3.8, 4) is 6.19 Å². The largest absolute Gasteiger partial charge is 0.339 e. The number of piperazine rings is 1. The number of nitrogens with zero attached hydrogens (tertiary/aromatic N) is 5. The van der Waals surface area contributed by atoms with Gasteiger partial charge in [-0.1, -0.05) is 42.5 Å². The van der Waals surface area contributed by atoms with Gasteiger partial charge in [0.05, 0.1) is 6.54 Å². The molecule has 1 atom stereocenters. The summed E-state index contributed by atoms with van der Waals surface area (Å²) in [4.78, 5) is 36.9. The predicted molar refractivity (Wildman–Crippen MR) is 144 cm³/mol. The van der Waals surface area contributed by atoms with Gasteiger partial charge in [-0.3, -0.25) is 19.8 Å². The summed E-state index contributed by atoms with van der Waals surface area (Å²) in [5, 5.41) is 14.9. The summed E-state index contributed by atoms with van der Waals surface area (Å²) in [7, 11) is 0. The van der Waals surface area contributed by atoms with Crippen LogP contribution in [0.3, 0.4) is 0 Å². The molecule has 0 aliphatic carbocycles. The number of guanidine groups is 1. The lowest BCUT2D eigenvalue weighted by Crippen LogP contribution is -2.52. The smallest absolute Gasteiger partial charge is 0.247 e. The van der Waals surface area contributed by atoms with E-state index in [-0.39, 0.29) is 24.3 Å². The molecule has 4 rings (SSSR count). The molecule has 2 saturated heterocycles. The fourth-order valence-corrected chi connectivity index (χ4v) is 4.79. The highest BCUT2D eigenvalue weighted by molar-refractivity contribution is 5.97. The van der Waals surface area contributed by atoms with Gasteiger partial charge in [-0.15, -0.1) is 0 Å². The number of amides is 2. The fourth-order valence-electron chi connectivity index (χ4n) is 4.79. The SMILES string of the molecule is Cc1cccc(NC(=NC2CCCCN(CC(=O)N3CCN(Cc4ccccc4)CC3)C2=O)NC#N)c1. The van der Waals surface area contributed by atoms with Crippen molar-refractivity contribution >= 4 is 23.5 Å². The van der Waals surface area contributed by atoms with E-state index in [4.69, 9.17) is 0 Å². The van der Waals surface area contributed by atoms with Gasteiger partial charge in [0.15, 0.2) is 6.19 Å². The molecule has 2 aliphatic heterocycles. The monoisotopic (exact) mass is 501 g/mol. The summed E-state index contributed by atoms with van der Waals surface area (Å²) in [5.41, 5.74) is 3.12. The molecule has 0 bridgehead atoms. The summed E-state index contributed by atoms with van der Waals surface area (Å²) < 4.78 is 0. The molecule has 0 saturated carbocycles. The highest BCUT2D eigenvalue weighted by Gasteiger charge is 2.30. The van der Waals surface area contributed by atoms with Crippen LogP contribution in [0.4, 0.5) is 5.69 Å². The molecule has 37 heavy (non-hydrogen) atoms. The number of anilines is 1. The maximum absolute atomic E-state index is 13.4. The van der Waals surface area contributed by atoms with E-state index in [0.29, 0.717) is 26.1 Å². The van der Waals surface area contributed by atoms with Crippen LogP contribution in [-0.4, -0.2) is 77.8 Å². The zero-order chi connectivity index (χ0) is 26.0. The minimum atomic E-state index is -0.647. The average Bonchev–Trinajstić information content (AvgIpc) is 3.06. The van der Waals surface area contributed by atoms with Gasteiger partial charge >= 0.3 is 0 Å². The quantitative estimate of drug-likeness (QED) is 0.273. The van der Waals surface area contributed by atoms with Gasteiger partial charge in [0, 0.05) is 45.0 Å². The van der Waals surface area contributed by atoms with E-state index in [1.807, 2.05) is 60.5 Å². The molecule has 2 aromatic rings. The fraction of sp³-hybridized carbons (Fsp3) is 0.429. The van der Waals surface area contributed by atoms with Crippen LogP contribution in [0.5, 0.6) is 0 Å². The topological polar surface area (TPSA) is 104 Å². The number of rotatable bonds is 6. The number of aryl methyl sites for hydroxylation is 1. The minimum Gasteiger partial charge on any atom is -0.339 e. The van der Waals surface area contributed by atoms with Crippen molar-refractivity contribution in [2.45, 2.75) is 38.8 Å². The van der Waals surface area contributed by atoms with Crippen LogP contribution >= 0.6 is 0 Å². The van der Waals surface area contributed by atoms with E-state index < -0.39 is 6.04 Å². The Hall–Kier alpha value is -3.90. The third kappa shape index (κ3) is 7.54. The van der Waals surface area contributed by atoms with E-state index >= 15 is 0 Å². The molecule has 2 fully saturated rings. The van der Waals surface area contributed by atoms with Gasteiger partial charge in [-0.2, -0.15) is 5.26 Å². The van der Waals surface area contributed by atoms with Gasteiger partial charge in [-0.25, -0.2) is 4.99 Å². The number of likely N-dealkylation sites (tertiary alicyclic amines) is 1. The zero-order valence-corrected chi connectivity index (χ0v) is 21.4. The number of nitriles is 1. The molecule has 2 amide bonds. The van der Waals surface area contributed by atoms with Gasteiger partial charge in [-0.05, 0) is 49.4 Å². The van der Waals surface area contributed by atoms with E-state index in [1.54, 1.807) is 4.90 Å². The minimum absolute atomic E-state index is 0.0226. The Morgan fingerprint density at radius 1 is 1.05 bits per heavy atom. The first-order valence-electron chi connectivity index (χ1n) is 12.9. The molecule has 2 aliphatic rings. The summed E-state index contributed by atoms with van der Waals surface area (Å²) in [6, 6.07) is 17.4. The molecular weight excluding hydrogens is 466 g/mol. The van der Waals surface area contributed by atoms with Crippen molar-refractivity contribution in [3.63, 3.8) is 0 Å². The van der Waals surface area contributed by atoms with Crippen LogP contribution in [0.15, 0.2) is 59.6 Å². The number of benzene rings is 2. The van der Waals surface area contributed by atoms with Crippen molar-refractivity contribution in [2.24, 2.45) is 4.99 Å². The highest BCUT2D eigenvalue weighted by Crippen LogP contribution is 2.17.